The molecule has 1 fully saturated rings. The number of hydrogen-bond donors (Lipinski definition) is 1. The zero-order chi connectivity index (χ0) is 9.42. The van der Waals surface area contributed by atoms with E-state index in [-0.39, 0.29) is 11.8 Å². The van der Waals surface area contributed by atoms with Crippen molar-refractivity contribution in [2.75, 3.05) is 5.32 Å². The number of amides is 1. The van der Waals surface area contributed by atoms with Crippen LogP contribution in [0.5, 0.6) is 0 Å². The van der Waals surface area contributed by atoms with Crippen LogP contribution in [0.4, 0.5) is 5.69 Å². The van der Waals surface area contributed by atoms with E-state index in [0.29, 0.717) is 10.3 Å². The van der Waals surface area contributed by atoms with Crippen LogP contribution in [-0.4, -0.2) is 5.91 Å². The standard InChI is InChI=1S/C9H10ClNOS/c1-5-4-6(5)9(12)11-7-2-3-13-8(7)10/h2-3,5-6H,4H2,1H3,(H,11,12). The van der Waals surface area contributed by atoms with Crippen LogP contribution in [0.1, 0.15) is 13.3 Å². The first-order chi connectivity index (χ1) is 6.18. The molecular formula is C9H10ClNOS. The fourth-order valence-corrected chi connectivity index (χ4v) is 2.13. The number of carbonyl (C=O) groups is 1. The summed E-state index contributed by atoms with van der Waals surface area (Å²) >= 11 is 7.28. The molecule has 0 aliphatic heterocycles. The van der Waals surface area contributed by atoms with Crippen LogP contribution in [0, 0.1) is 11.8 Å². The van der Waals surface area contributed by atoms with E-state index in [1.165, 1.54) is 11.3 Å². The fraction of sp³-hybridized carbons (Fsp3) is 0.444. The van der Waals surface area contributed by atoms with Crippen molar-refractivity contribution in [1.29, 1.82) is 0 Å². The van der Waals surface area contributed by atoms with Gasteiger partial charge in [0.15, 0.2) is 0 Å². The van der Waals surface area contributed by atoms with E-state index in [9.17, 15) is 4.79 Å². The Balaban J connectivity index is 1.99. The van der Waals surface area contributed by atoms with Crippen LogP contribution in [-0.2, 0) is 4.79 Å². The van der Waals surface area contributed by atoms with Gasteiger partial charge in [-0.2, -0.15) is 0 Å². The Morgan fingerprint density at radius 1 is 1.77 bits per heavy atom. The summed E-state index contributed by atoms with van der Waals surface area (Å²) in [4.78, 5) is 11.5. The third-order valence-electron chi connectivity index (χ3n) is 2.32. The van der Waals surface area contributed by atoms with E-state index in [0.717, 1.165) is 12.1 Å². The van der Waals surface area contributed by atoms with Gasteiger partial charge in [-0.1, -0.05) is 18.5 Å². The summed E-state index contributed by atoms with van der Waals surface area (Å²) in [6.45, 7) is 2.08. The molecule has 2 rings (SSSR count). The third-order valence-corrected chi connectivity index (χ3v) is 3.49. The molecule has 0 spiro atoms. The van der Waals surface area contributed by atoms with E-state index < -0.39 is 0 Å². The van der Waals surface area contributed by atoms with Gasteiger partial charge in [0, 0.05) is 5.92 Å². The van der Waals surface area contributed by atoms with Crippen molar-refractivity contribution in [3.05, 3.63) is 15.8 Å². The summed E-state index contributed by atoms with van der Waals surface area (Å²) in [5.41, 5.74) is 0.746. The molecule has 1 aromatic heterocycles. The highest BCUT2D eigenvalue weighted by Crippen LogP contribution is 2.39. The Bertz CT molecular complexity index is 336. The fourth-order valence-electron chi connectivity index (χ4n) is 1.29. The Morgan fingerprint density at radius 2 is 2.46 bits per heavy atom. The topological polar surface area (TPSA) is 29.1 Å². The van der Waals surface area contributed by atoms with Crippen molar-refractivity contribution in [2.45, 2.75) is 13.3 Å². The number of nitrogens with one attached hydrogen (secondary N) is 1. The van der Waals surface area contributed by atoms with Crippen molar-refractivity contribution >= 4 is 34.5 Å². The molecule has 0 saturated heterocycles. The SMILES string of the molecule is CC1CC1C(=O)Nc1ccsc1Cl. The predicted octanol–water partition coefficient (Wildman–Crippen LogP) is 3.00. The Hall–Kier alpha value is -0.540. The first kappa shape index (κ1) is 9.03. The largest absolute Gasteiger partial charge is 0.324 e. The molecule has 0 radical (unpaired) electrons. The maximum atomic E-state index is 11.5. The molecule has 1 aromatic rings. The van der Waals surface area contributed by atoms with E-state index >= 15 is 0 Å². The monoisotopic (exact) mass is 215 g/mol. The minimum absolute atomic E-state index is 0.104. The first-order valence-electron chi connectivity index (χ1n) is 4.22. The average molecular weight is 216 g/mol. The molecule has 1 N–H and O–H groups in total. The third kappa shape index (κ3) is 1.86. The molecule has 1 heterocycles. The lowest BCUT2D eigenvalue weighted by molar-refractivity contribution is -0.117. The summed E-state index contributed by atoms with van der Waals surface area (Å²) in [7, 11) is 0. The number of rotatable bonds is 2. The molecule has 13 heavy (non-hydrogen) atoms. The van der Waals surface area contributed by atoms with Crippen LogP contribution in [0.25, 0.3) is 0 Å². The number of halogens is 1. The Labute approximate surface area is 85.9 Å². The van der Waals surface area contributed by atoms with Gasteiger partial charge in [0.25, 0.3) is 0 Å². The van der Waals surface area contributed by atoms with Crippen LogP contribution in [0.3, 0.4) is 0 Å². The maximum Gasteiger partial charge on any atom is 0.227 e. The van der Waals surface area contributed by atoms with E-state index in [1.54, 1.807) is 0 Å². The number of hydrogen-bond acceptors (Lipinski definition) is 2. The molecule has 1 aliphatic carbocycles. The average Bonchev–Trinajstić information content (AvgIpc) is 2.68. The molecule has 1 amide bonds. The molecule has 1 saturated carbocycles. The molecular weight excluding hydrogens is 206 g/mol. The number of anilines is 1. The second kappa shape index (κ2) is 3.31. The summed E-state index contributed by atoms with van der Waals surface area (Å²) < 4.78 is 0.654. The van der Waals surface area contributed by atoms with Crippen molar-refractivity contribution in [3.8, 4) is 0 Å². The van der Waals surface area contributed by atoms with Crippen molar-refractivity contribution in [1.82, 2.24) is 0 Å². The van der Waals surface area contributed by atoms with Crippen molar-refractivity contribution < 1.29 is 4.79 Å². The minimum atomic E-state index is 0.104. The van der Waals surface area contributed by atoms with Gasteiger partial charge < -0.3 is 5.32 Å². The molecule has 2 atom stereocenters. The first-order valence-corrected chi connectivity index (χ1v) is 5.48. The summed E-state index contributed by atoms with van der Waals surface area (Å²) in [5, 5.41) is 4.69. The zero-order valence-electron chi connectivity index (χ0n) is 7.21. The molecule has 70 valence electrons. The predicted molar refractivity (Wildman–Crippen MR) is 55.2 cm³/mol. The lowest BCUT2D eigenvalue weighted by Crippen LogP contribution is -2.13. The molecule has 2 nitrogen and oxygen atoms in total. The van der Waals surface area contributed by atoms with Gasteiger partial charge in [0.2, 0.25) is 5.91 Å². The quantitative estimate of drug-likeness (QED) is 0.808. The molecule has 2 unspecified atom stereocenters. The van der Waals surface area contributed by atoms with Crippen LogP contribution in [0.2, 0.25) is 4.34 Å². The zero-order valence-corrected chi connectivity index (χ0v) is 8.78. The van der Waals surface area contributed by atoms with Gasteiger partial charge in [-0.15, -0.1) is 11.3 Å². The van der Waals surface area contributed by atoms with Gasteiger partial charge in [-0.25, -0.2) is 0 Å². The van der Waals surface area contributed by atoms with Gasteiger partial charge in [0.1, 0.15) is 4.34 Å². The highest BCUT2D eigenvalue weighted by molar-refractivity contribution is 7.15. The molecule has 0 bridgehead atoms. The Morgan fingerprint density at radius 3 is 2.92 bits per heavy atom. The molecule has 1 aliphatic rings. The van der Waals surface area contributed by atoms with Crippen LogP contribution >= 0.6 is 22.9 Å². The van der Waals surface area contributed by atoms with E-state index in [1.807, 2.05) is 11.4 Å². The number of carbonyl (C=O) groups excluding carboxylic acids is 1. The van der Waals surface area contributed by atoms with Crippen LogP contribution in [0.15, 0.2) is 11.4 Å². The van der Waals surface area contributed by atoms with Gasteiger partial charge >= 0.3 is 0 Å². The lowest BCUT2D eigenvalue weighted by Gasteiger charge is -2.01. The maximum absolute atomic E-state index is 11.5. The van der Waals surface area contributed by atoms with Gasteiger partial charge in [0.05, 0.1) is 5.69 Å². The normalized spacial score (nSPS) is 25.7. The van der Waals surface area contributed by atoms with Gasteiger partial charge in [-0.05, 0) is 23.8 Å². The van der Waals surface area contributed by atoms with Crippen molar-refractivity contribution in [3.63, 3.8) is 0 Å². The van der Waals surface area contributed by atoms with Crippen molar-refractivity contribution in [2.24, 2.45) is 11.8 Å². The summed E-state index contributed by atoms with van der Waals surface area (Å²) in [6.07, 6.45) is 1.01. The summed E-state index contributed by atoms with van der Waals surface area (Å²) in [5.74, 6) is 0.848. The lowest BCUT2D eigenvalue weighted by atomic mass is 10.3. The second-order valence-electron chi connectivity index (χ2n) is 3.42. The number of thiophene rings is 1. The second-order valence-corrected chi connectivity index (χ2v) is 4.93. The van der Waals surface area contributed by atoms with E-state index in [2.05, 4.69) is 12.2 Å². The van der Waals surface area contributed by atoms with Crippen LogP contribution < -0.4 is 5.32 Å². The molecule has 4 heteroatoms. The highest BCUT2D eigenvalue weighted by Gasteiger charge is 2.39. The van der Waals surface area contributed by atoms with Gasteiger partial charge in [-0.3, -0.25) is 4.79 Å². The van der Waals surface area contributed by atoms with E-state index in [4.69, 9.17) is 11.6 Å². The minimum Gasteiger partial charge on any atom is -0.324 e. The Kier molecular flexibility index (Phi) is 2.30. The smallest absolute Gasteiger partial charge is 0.227 e. The molecule has 0 aromatic carbocycles. The highest BCUT2D eigenvalue weighted by atomic mass is 35.5. The summed E-state index contributed by atoms with van der Waals surface area (Å²) in [6, 6.07) is 1.83.